The predicted molar refractivity (Wildman–Crippen MR) is 64.0 cm³/mol. The molecule has 80 valence electrons. The molecule has 1 aromatic rings. The van der Waals surface area contributed by atoms with Crippen molar-refractivity contribution in [2.45, 2.75) is 44.8 Å². The maximum absolute atomic E-state index is 9.32. The minimum Gasteiger partial charge on any atom is -0.392 e. The summed E-state index contributed by atoms with van der Waals surface area (Å²) in [6, 6.07) is 0. The van der Waals surface area contributed by atoms with E-state index in [4.69, 9.17) is 0 Å². The van der Waals surface area contributed by atoms with Gasteiger partial charge >= 0.3 is 0 Å². The average Bonchev–Trinajstić information content (AvgIpc) is 2.42. The minimum absolute atomic E-state index is 0.248. The fourth-order valence-corrected chi connectivity index (χ4v) is 2.86. The van der Waals surface area contributed by atoms with E-state index in [0.717, 1.165) is 16.5 Å². The fourth-order valence-electron chi connectivity index (χ4n) is 0.943. The van der Waals surface area contributed by atoms with E-state index in [0.29, 0.717) is 0 Å². The quantitative estimate of drug-likeness (QED) is 0.865. The maximum atomic E-state index is 9.32. The molecule has 0 aliphatic carbocycles. The molecule has 2 unspecified atom stereocenters. The van der Waals surface area contributed by atoms with Crippen LogP contribution in [0.1, 0.15) is 29.4 Å². The van der Waals surface area contributed by atoms with Crippen LogP contribution in [0.5, 0.6) is 0 Å². The zero-order valence-electron chi connectivity index (χ0n) is 9.07. The number of rotatable bonds is 4. The number of hydrogen-bond acceptors (Lipinski definition) is 4. The lowest BCUT2D eigenvalue weighted by atomic mass is 10.3. The number of aliphatic hydroxyl groups is 1. The van der Waals surface area contributed by atoms with Gasteiger partial charge < -0.3 is 5.11 Å². The van der Waals surface area contributed by atoms with Crippen LogP contribution in [0.2, 0.25) is 0 Å². The Morgan fingerprint density at radius 3 is 2.50 bits per heavy atom. The maximum Gasteiger partial charge on any atom is 0.103 e. The highest BCUT2D eigenvalue weighted by atomic mass is 32.2. The molecule has 1 heterocycles. The monoisotopic (exact) mass is 231 g/mol. The largest absolute Gasteiger partial charge is 0.392 e. The smallest absolute Gasteiger partial charge is 0.103 e. The minimum atomic E-state index is -0.248. The summed E-state index contributed by atoms with van der Waals surface area (Å²) < 4.78 is 0. The van der Waals surface area contributed by atoms with Gasteiger partial charge in [-0.25, -0.2) is 4.98 Å². The standard InChI is InChI=1S/C10H17NOS2/c1-6-8(3)14-10(11-6)5-13-9(4)7(2)12/h7,9,12H,5H2,1-4H3. The van der Waals surface area contributed by atoms with Crippen molar-refractivity contribution in [1.82, 2.24) is 4.98 Å². The van der Waals surface area contributed by atoms with E-state index in [1.165, 1.54) is 4.88 Å². The first-order valence-corrected chi connectivity index (χ1v) is 6.59. The molecule has 2 atom stereocenters. The van der Waals surface area contributed by atoms with Crippen LogP contribution in [-0.2, 0) is 5.75 Å². The first-order valence-electron chi connectivity index (χ1n) is 4.73. The number of hydrogen-bond donors (Lipinski definition) is 1. The van der Waals surface area contributed by atoms with Crippen molar-refractivity contribution in [3.63, 3.8) is 0 Å². The summed E-state index contributed by atoms with van der Waals surface area (Å²) >= 11 is 3.51. The molecule has 0 radical (unpaired) electrons. The summed E-state index contributed by atoms with van der Waals surface area (Å²) in [4.78, 5) is 5.75. The summed E-state index contributed by atoms with van der Waals surface area (Å²) in [5.41, 5.74) is 1.13. The molecular formula is C10H17NOS2. The summed E-state index contributed by atoms with van der Waals surface area (Å²) in [5.74, 6) is 0.908. The van der Waals surface area contributed by atoms with Gasteiger partial charge in [0.1, 0.15) is 5.01 Å². The zero-order valence-corrected chi connectivity index (χ0v) is 10.7. The molecule has 0 spiro atoms. The summed E-state index contributed by atoms with van der Waals surface area (Å²) in [5, 5.41) is 10.8. The van der Waals surface area contributed by atoms with E-state index in [2.05, 4.69) is 11.9 Å². The summed E-state index contributed by atoms with van der Waals surface area (Å²) in [7, 11) is 0. The van der Waals surface area contributed by atoms with Crippen LogP contribution in [0.15, 0.2) is 0 Å². The van der Waals surface area contributed by atoms with Crippen LogP contribution >= 0.6 is 23.1 Å². The zero-order chi connectivity index (χ0) is 10.7. The highest BCUT2D eigenvalue weighted by Crippen LogP contribution is 2.24. The van der Waals surface area contributed by atoms with Gasteiger partial charge in [0.05, 0.1) is 11.8 Å². The molecule has 1 aromatic heterocycles. The van der Waals surface area contributed by atoms with Gasteiger partial charge in [0.15, 0.2) is 0 Å². The van der Waals surface area contributed by atoms with Crippen molar-refractivity contribution in [3.8, 4) is 0 Å². The molecule has 0 fully saturated rings. The van der Waals surface area contributed by atoms with Gasteiger partial charge in [-0.15, -0.1) is 23.1 Å². The Hall–Kier alpha value is -0.0600. The molecule has 14 heavy (non-hydrogen) atoms. The van der Waals surface area contributed by atoms with Gasteiger partial charge in [-0.05, 0) is 20.8 Å². The second-order valence-corrected chi connectivity index (χ2v) is 6.16. The first-order chi connectivity index (χ1) is 6.50. The van der Waals surface area contributed by atoms with Crippen molar-refractivity contribution >= 4 is 23.1 Å². The lowest BCUT2D eigenvalue weighted by Crippen LogP contribution is -2.15. The Bertz CT molecular complexity index is 277. The molecule has 0 saturated carbocycles. The molecule has 0 aromatic carbocycles. The van der Waals surface area contributed by atoms with E-state index in [9.17, 15) is 5.11 Å². The number of thioether (sulfide) groups is 1. The van der Waals surface area contributed by atoms with Gasteiger partial charge in [-0.2, -0.15) is 0 Å². The molecule has 2 nitrogen and oxygen atoms in total. The number of thiazole rings is 1. The topological polar surface area (TPSA) is 33.1 Å². The Labute approximate surface area is 93.8 Å². The van der Waals surface area contributed by atoms with Crippen LogP contribution in [-0.4, -0.2) is 21.4 Å². The third-order valence-electron chi connectivity index (χ3n) is 2.22. The van der Waals surface area contributed by atoms with Crippen molar-refractivity contribution in [1.29, 1.82) is 0 Å². The van der Waals surface area contributed by atoms with Crippen LogP contribution in [0, 0.1) is 13.8 Å². The molecule has 0 aliphatic heterocycles. The van der Waals surface area contributed by atoms with Gasteiger partial charge in [-0.3, -0.25) is 0 Å². The molecule has 0 bridgehead atoms. The molecule has 1 N–H and O–H groups in total. The van der Waals surface area contributed by atoms with Crippen molar-refractivity contribution in [2.24, 2.45) is 0 Å². The lowest BCUT2D eigenvalue weighted by Gasteiger charge is -2.12. The van der Waals surface area contributed by atoms with Crippen LogP contribution < -0.4 is 0 Å². The van der Waals surface area contributed by atoms with Crippen molar-refractivity contribution < 1.29 is 5.11 Å². The van der Waals surface area contributed by atoms with Gasteiger partial charge in [-0.1, -0.05) is 6.92 Å². The Morgan fingerprint density at radius 1 is 1.43 bits per heavy atom. The fraction of sp³-hybridized carbons (Fsp3) is 0.700. The lowest BCUT2D eigenvalue weighted by molar-refractivity contribution is 0.196. The molecule has 4 heteroatoms. The van der Waals surface area contributed by atoms with Gasteiger partial charge in [0, 0.05) is 15.9 Å². The highest BCUT2D eigenvalue weighted by molar-refractivity contribution is 7.99. The second kappa shape index (κ2) is 5.14. The molecule has 0 aliphatic rings. The third-order valence-corrected chi connectivity index (χ3v) is 4.84. The Kier molecular flexibility index (Phi) is 4.41. The van der Waals surface area contributed by atoms with Gasteiger partial charge in [0.25, 0.3) is 0 Å². The summed E-state index contributed by atoms with van der Waals surface area (Å²) in [6.45, 7) is 8.01. The first kappa shape index (κ1) is 12.0. The molecule has 0 saturated heterocycles. The molecule has 1 rings (SSSR count). The predicted octanol–water partition coefficient (Wildman–Crippen LogP) is 2.76. The number of aliphatic hydroxyl groups excluding tert-OH is 1. The van der Waals surface area contributed by atoms with Crippen molar-refractivity contribution in [2.75, 3.05) is 0 Å². The average molecular weight is 231 g/mol. The van der Waals surface area contributed by atoms with Crippen molar-refractivity contribution in [3.05, 3.63) is 15.6 Å². The normalized spacial score (nSPS) is 15.5. The van der Waals surface area contributed by atoms with E-state index < -0.39 is 0 Å². The second-order valence-electron chi connectivity index (χ2n) is 3.51. The number of nitrogens with zero attached hydrogens (tertiary/aromatic N) is 1. The molecule has 0 amide bonds. The van der Waals surface area contributed by atoms with Crippen LogP contribution in [0.25, 0.3) is 0 Å². The Balaban J connectivity index is 2.46. The molecular weight excluding hydrogens is 214 g/mol. The Morgan fingerprint density at radius 2 is 2.07 bits per heavy atom. The number of aromatic nitrogens is 1. The highest BCUT2D eigenvalue weighted by Gasteiger charge is 2.11. The van der Waals surface area contributed by atoms with Crippen LogP contribution in [0.4, 0.5) is 0 Å². The van der Waals surface area contributed by atoms with Crippen LogP contribution in [0.3, 0.4) is 0 Å². The van der Waals surface area contributed by atoms with E-state index in [-0.39, 0.29) is 11.4 Å². The van der Waals surface area contributed by atoms with E-state index in [1.54, 1.807) is 23.1 Å². The van der Waals surface area contributed by atoms with E-state index in [1.807, 2.05) is 20.8 Å². The number of aryl methyl sites for hydroxylation is 2. The third kappa shape index (κ3) is 3.26. The SMILES string of the molecule is Cc1nc(CSC(C)C(C)O)sc1C. The van der Waals surface area contributed by atoms with E-state index >= 15 is 0 Å². The summed E-state index contributed by atoms with van der Waals surface area (Å²) in [6.07, 6.45) is -0.248. The van der Waals surface area contributed by atoms with Gasteiger partial charge in [0.2, 0.25) is 0 Å².